The number of carbonyl (C=O) groups is 4. The zero-order valence-electron chi connectivity index (χ0n) is 32.5. The lowest BCUT2D eigenvalue weighted by Gasteiger charge is -2.27. The number of amides is 2. The molecule has 0 saturated carbocycles. The van der Waals surface area contributed by atoms with Gasteiger partial charge in [0, 0.05) is 5.57 Å². The van der Waals surface area contributed by atoms with Crippen molar-refractivity contribution >= 4 is 70.8 Å². The summed E-state index contributed by atoms with van der Waals surface area (Å²) in [5.41, 5.74) is 1.49. The van der Waals surface area contributed by atoms with Crippen LogP contribution in [-0.2, 0) is 41.7 Å². The molecule has 1 fully saturated rings. The number of aliphatic hydroxyl groups is 2. The molecule has 1 saturated heterocycles. The van der Waals surface area contributed by atoms with Crippen LogP contribution in [0.25, 0.3) is 0 Å². The Bertz CT molecular complexity index is 2280. The summed E-state index contributed by atoms with van der Waals surface area (Å²) in [7, 11) is 0. The second-order valence-corrected chi connectivity index (χ2v) is 18.3. The van der Waals surface area contributed by atoms with Gasteiger partial charge in [-0.15, -0.1) is 0 Å². The van der Waals surface area contributed by atoms with Crippen LogP contribution in [0.15, 0.2) is 112 Å². The molecule has 3 aliphatic rings. The number of carbonyl (C=O) groups excluding carboxylic acids is 4. The Morgan fingerprint density at radius 3 is 1.57 bits per heavy atom. The fourth-order valence-corrected chi connectivity index (χ4v) is 11.1. The third kappa shape index (κ3) is 9.98. The minimum Gasteiger partial charge on any atom is -0.488 e. The molecular weight excluding hydrogens is 849 g/mol. The van der Waals surface area contributed by atoms with Crippen LogP contribution in [0.5, 0.6) is 11.5 Å². The number of esters is 2. The molecule has 310 valence electrons. The van der Waals surface area contributed by atoms with Gasteiger partial charge in [-0.1, -0.05) is 128 Å². The second kappa shape index (κ2) is 19.8. The van der Waals surface area contributed by atoms with Gasteiger partial charge in [0.05, 0.1) is 47.1 Å². The van der Waals surface area contributed by atoms with Gasteiger partial charge in [0.2, 0.25) is 0 Å². The number of rotatable bonds is 16. The number of fused-ring (bicyclic) bond motifs is 2. The van der Waals surface area contributed by atoms with Gasteiger partial charge < -0.3 is 29.2 Å². The van der Waals surface area contributed by atoms with E-state index in [0.717, 1.165) is 58.2 Å². The number of aliphatic hydroxyl groups excluding tert-OH is 2. The number of ether oxygens (including phenoxy) is 4. The molecule has 2 amide bonds. The van der Waals surface area contributed by atoms with Crippen molar-refractivity contribution in [2.45, 2.75) is 65.7 Å². The number of hydrazine groups is 1. The maximum absolute atomic E-state index is 14.5. The molecule has 0 aliphatic carbocycles. The Kier molecular flexibility index (Phi) is 14.6. The highest BCUT2D eigenvalue weighted by Crippen LogP contribution is 2.68. The van der Waals surface area contributed by atoms with E-state index < -0.39 is 48.5 Å². The van der Waals surface area contributed by atoms with Gasteiger partial charge in [-0.2, -0.15) is 10.5 Å². The van der Waals surface area contributed by atoms with E-state index in [9.17, 15) is 39.9 Å². The Balaban J connectivity index is 1.43. The average Bonchev–Trinajstić information content (AvgIpc) is 3.93. The monoisotopic (exact) mass is 886 g/mol. The largest absolute Gasteiger partial charge is 0.488 e. The third-order valence-corrected chi connectivity index (χ3v) is 13.9. The highest BCUT2D eigenvalue weighted by atomic mass is 32.2. The number of hydrogen-bond donors (Lipinski definition) is 2. The Morgan fingerprint density at radius 2 is 1.15 bits per heavy atom. The maximum atomic E-state index is 14.5. The smallest absolute Gasteiger partial charge is 0.333 e. The van der Waals surface area contributed by atoms with Crippen molar-refractivity contribution in [2.75, 3.05) is 26.4 Å². The highest BCUT2D eigenvalue weighted by molar-refractivity contribution is 8.26. The molecule has 3 aromatic carbocycles. The molecule has 3 heterocycles. The SMILES string of the molecule is C=C(C)C(=O)OCC(O)COc1c2c(c(OCC(O)COC(=O)C(C)C)c3c1SC(=C1C(=O)N(Cc4ccccc4)N(Cc4ccccc4)C1=O)S3)SC(=C(C#N)C#N)S2. The van der Waals surface area contributed by atoms with Gasteiger partial charge in [0.1, 0.15) is 73.4 Å². The first-order valence-corrected chi connectivity index (χ1v) is 21.6. The van der Waals surface area contributed by atoms with E-state index in [0.29, 0.717) is 28.1 Å². The number of benzene rings is 3. The standard InChI is InChI=1S/C42H38N4O10S4/c1-23(2)39(51)55-21-28(47)19-53-31-33-34(58-41(57-33)27(15-43)16-44)32(54-20-29(48)22-56-40(52)24(3)4)36-35(31)59-42(60-36)30-37(49)45(17-25-11-7-5-8-12-25)46(38(30)50)18-26-13-9-6-10-14-26/h5-14,24,28-29,47-48H,1,17-22H2,2-4H3. The topological polar surface area (TPSA) is 200 Å². The zero-order chi connectivity index (χ0) is 43.1. The van der Waals surface area contributed by atoms with Crippen LogP contribution in [0.1, 0.15) is 31.9 Å². The van der Waals surface area contributed by atoms with Crippen LogP contribution in [0, 0.1) is 28.6 Å². The fourth-order valence-electron chi connectivity index (χ4n) is 5.65. The normalized spacial score (nSPS) is 15.3. The summed E-state index contributed by atoms with van der Waals surface area (Å²) >= 11 is 4.27. The second-order valence-electron chi connectivity index (χ2n) is 13.7. The first-order chi connectivity index (χ1) is 28.8. The molecule has 3 aromatic rings. The van der Waals surface area contributed by atoms with E-state index in [1.807, 2.05) is 72.8 Å². The molecule has 3 aliphatic heterocycles. The van der Waals surface area contributed by atoms with E-state index >= 15 is 0 Å². The molecule has 14 nitrogen and oxygen atoms in total. The summed E-state index contributed by atoms with van der Waals surface area (Å²) in [5.74, 6) is -2.29. The number of thioether (sulfide) groups is 4. The van der Waals surface area contributed by atoms with Crippen LogP contribution in [-0.4, -0.2) is 82.6 Å². The molecule has 2 atom stereocenters. The van der Waals surface area contributed by atoms with Crippen LogP contribution < -0.4 is 9.47 Å². The van der Waals surface area contributed by atoms with Crippen LogP contribution in [0.3, 0.4) is 0 Å². The molecule has 0 spiro atoms. The van der Waals surface area contributed by atoms with Crippen molar-refractivity contribution in [3.8, 4) is 23.6 Å². The van der Waals surface area contributed by atoms with Crippen LogP contribution >= 0.6 is 47.0 Å². The quantitative estimate of drug-likeness (QED) is 0.0699. The molecule has 2 unspecified atom stereocenters. The van der Waals surface area contributed by atoms with Crippen molar-refractivity contribution in [1.82, 2.24) is 10.0 Å². The van der Waals surface area contributed by atoms with E-state index in [4.69, 9.17) is 18.9 Å². The summed E-state index contributed by atoms with van der Waals surface area (Å²) in [6.07, 6.45) is -2.56. The predicted molar refractivity (Wildman–Crippen MR) is 224 cm³/mol. The number of hydrogen-bond acceptors (Lipinski definition) is 16. The molecule has 6 rings (SSSR count). The molecular formula is C42H38N4O10S4. The lowest BCUT2D eigenvalue weighted by Crippen LogP contribution is -2.39. The Hall–Kier alpha value is -5.34. The number of allylic oxidation sites excluding steroid dienone is 1. The van der Waals surface area contributed by atoms with Gasteiger partial charge in [0.15, 0.2) is 0 Å². The highest BCUT2D eigenvalue weighted by Gasteiger charge is 2.46. The number of nitriles is 2. The first-order valence-electron chi connectivity index (χ1n) is 18.4. The lowest BCUT2D eigenvalue weighted by atomic mass is 10.2. The van der Waals surface area contributed by atoms with E-state index in [-0.39, 0.29) is 61.1 Å². The van der Waals surface area contributed by atoms with Gasteiger partial charge in [-0.3, -0.25) is 14.4 Å². The average molecular weight is 887 g/mol. The maximum Gasteiger partial charge on any atom is 0.333 e. The van der Waals surface area contributed by atoms with Gasteiger partial charge in [-0.05, 0) is 18.1 Å². The van der Waals surface area contributed by atoms with E-state index in [1.165, 1.54) is 16.9 Å². The molecule has 0 radical (unpaired) electrons. The third-order valence-electron chi connectivity index (χ3n) is 8.67. The minimum absolute atomic E-state index is 0.0883. The first kappa shape index (κ1) is 44.2. The Morgan fingerprint density at radius 1 is 0.717 bits per heavy atom. The van der Waals surface area contributed by atoms with Crippen molar-refractivity contribution in [1.29, 1.82) is 10.5 Å². The Labute approximate surface area is 363 Å². The van der Waals surface area contributed by atoms with Crippen molar-refractivity contribution in [2.24, 2.45) is 5.92 Å². The molecule has 2 N–H and O–H groups in total. The van der Waals surface area contributed by atoms with Crippen LogP contribution in [0.2, 0.25) is 0 Å². The van der Waals surface area contributed by atoms with Crippen molar-refractivity contribution < 1.29 is 48.3 Å². The van der Waals surface area contributed by atoms with Crippen molar-refractivity contribution in [3.63, 3.8) is 0 Å². The molecule has 0 aromatic heterocycles. The van der Waals surface area contributed by atoms with Gasteiger partial charge in [-0.25, -0.2) is 14.8 Å². The summed E-state index contributed by atoms with van der Waals surface area (Å²) in [4.78, 5) is 54.7. The van der Waals surface area contributed by atoms with E-state index in [2.05, 4.69) is 6.58 Å². The lowest BCUT2D eigenvalue weighted by molar-refractivity contribution is -0.150. The summed E-state index contributed by atoms with van der Waals surface area (Å²) in [5, 5.41) is 44.1. The molecule has 60 heavy (non-hydrogen) atoms. The summed E-state index contributed by atoms with van der Waals surface area (Å²) < 4.78 is 23.5. The zero-order valence-corrected chi connectivity index (χ0v) is 35.8. The fraction of sp³-hybridized carbons (Fsp3) is 0.286. The summed E-state index contributed by atoms with van der Waals surface area (Å²) in [6, 6.07) is 22.4. The number of nitrogens with zero attached hydrogens (tertiary/aromatic N) is 4. The van der Waals surface area contributed by atoms with E-state index in [1.54, 1.807) is 13.8 Å². The van der Waals surface area contributed by atoms with Gasteiger partial charge in [0.25, 0.3) is 11.8 Å². The van der Waals surface area contributed by atoms with Crippen molar-refractivity contribution in [3.05, 3.63) is 104 Å². The molecule has 0 bridgehead atoms. The van der Waals surface area contributed by atoms with Crippen LogP contribution in [0.4, 0.5) is 0 Å². The molecule has 18 heteroatoms. The summed E-state index contributed by atoms with van der Waals surface area (Å²) in [6.45, 7) is 7.07. The van der Waals surface area contributed by atoms with Gasteiger partial charge >= 0.3 is 11.9 Å². The predicted octanol–water partition coefficient (Wildman–Crippen LogP) is 6.34. The minimum atomic E-state index is -1.30.